The minimum atomic E-state index is 0.560. The summed E-state index contributed by atoms with van der Waals surface area (Å²) in [7, 11) is 0. The molecule has 0 aliphatic heterocycles. The highest BCUT2D eigenvalue weighted by molar-refractivity contribution is 7.99. The molecular weight excluding hydrogens is 392 g/mol. The molecule has 1 fully saturated rings. The maximum Gasteiger partial charge on any atom is 0.155 e. The van der Waals surface area contributed by atoms with E-state index < -0.39 is 0 Å². The lowest BCUT2D eigenvalue weighted by molar-refractivity contribution is 0.625. The zero-order valence-corrected chi connectivity index (χ0v) is 17.1. The summed E-state index contributed by atoms with van der Waals surface area (Å²) in [5.74, 6) is 2.63. The third-order valence-corrected chi connectivity index (χ3v) is 6.43. The third-order valence-electron chi connectivity index (χ3n) is 5.42. The van der Waals surface area contributed by atoms with Gasteiger partial charge in [0.2, 0.25) is 0 Å². The standard InChI is InChI=1S/C24H20N4OS/c1-2-7-19(8-3-1)30-16-27(18-10-11-18)24-13-12-23-25-15-20(28(23)26-24)22-14-17-6-4-5-9-21(17)29-22/h1-9,12-15,18H,10-11,16H2. The SMILES string of the molecule is c1ccc(SCN(c2ccc3ncc(-c4cc5ccccc5o4)n3n2)C2CC2)cc1. The zero-order chi connectivity index (χ0) is 19.9. The van der Waals surface area contributed by atoms with Crippen molar-refractivity contribution in [1.82, 2.24) is 14.6 Å². The topological polar surface area (TPSA) is 46.6 Å². The Bertz CT molecular complexity index is 1290. The largest absolute Gasteiger partial charge is 0.454 e. The fraction of sp³-hybridized carbons (Fsp3) is 0.167. The molecule has 0 amide bonds. The molecule has 2 aromatic carbocycles. The summed E-state index contributed by atoms with van der Waals surface area (Å²) in [4.78, 5) is 8.21. The molecule has 1 aliphatic carbocycles. The molecule has 0 unspecified atom stereocenters. The Kier molecular flexibility index (Phi) is 4.23. The van der Waals surface area contributed by atoms with Gasteiger partial charge in [-0.25, -0.2) is 9.50 Å². The van der Waals surface area contributed by atoms with Crippen molar-refractivity contribution in [3.05, 3.63) is 79.0 Å². The predicted octanol–water partition coefficient (Wildman–Crippen LogP) is 5.86. The molecule has 0 spiro atoms. The van der Waals surface area contributed by atoms with Gasteiger partial charge in [-0.2, -0.15) is 0 Å². The number of para-hydroxylation sites is 1. The Hall–Kier alpha value is -3.25. The van der Waals surface area contributed by atoms with Crippen molar-refractivity contribution in [1.29, 1.82) is 0 Å². The van der Waals surface area contributed by atoms with Gasteiger partial charge < -0.3 is 9.32 Å². The molecule has 0 bridgehead atoms. The van der Waals surface area contributed by atoms with Crippen LogP contribution in [0.2, 0.25) is 0 Å². The predicted molar refractivity (Wildman–Crippen MR) is 121 cm³/mol. The average Bonchev–Trinajstić information content (AvgIpc) is 3.39. The summed E-state index contributed by atoms with van der Waals surface area (Å²) in [6.07, 6.45) is 4.27. The summed E-state index contributed by atoms with van der Waals surface area (Å²) in [6.45, 7) is 0. The van der Waals surface area contributed by atoms with Crippen LogP contribution >= 0.6 is 11.8 Å². The van der Waals surface area contributed by atoms with Gasteiger partial charge in [0.15, 0.2) is 17.2 Å². The molecule has 1 saturated carbocycles. The van der Waals surface area contributed by atoms with Crippen LogP contribution in [0.5, 0.6) is 0 Å². The summed E-state index contributed by atoms with van der Waals surface area (Å²) in [5.41, 5.74) is 2.56. The van der Waals surface area contributed by atoms with Crippen molar-refractivity contribution >= 4 is 34.2 Å². The lowest BCUT2D eigenvalue weighted by Gasteiger charge is -2.23. The van der Waals surface area contributed by atoms with E-state index >= 15 is 0 Å². The molecule has 0 atom stereocenters. The molecule has 6 heteroatoms. The monoisotopic (exact) mass is 412 g/mol. The van der Waals surface area contributed by atoms with E-state index in [-0.39, 0.29) is 0 Å². The quantitative estimate of drug-likeness (QED) is 0.258. The second-order valence-corrected chi connectivity index (χ2v) is 8.56. The first-order valence-corrected chi connectivity index (χ1v) is 11.1. The van der Waals surface area contributed by atoms with E-state index in [0.717, 1.165) is 39.8 Å². The van der Waals surface area contributed by atoms with Crippen LogP contribution in [-0.2, 0) is 0 Å². The second-order valence-electron chi connectivity index (χ2n) is 7.54. The molecule has 148 valence electrons. The lowest BCUT2D eigenvalue weighted by atomic mass is 10.2. The molecule has 0 saturated heterocycles. The van der Waals surface area contributed by atoms with E-state index in [4.69, 9.17) is 9.52 Å². The van der Waals surface area contributed by atoms with Crippen molar-refractivity contribution in [2.24, 2.45) is 0 Å². The van der Waals surface area contributed by atoms with Crippen LogP contribution in [0, 0.1) is 0 Å². The fourth-order valence-corrected chi connectivity index (χ4v) is 4.68. The Balaban J connectivity index is 1.36. The van der Waals surface area contributed by atoms with Crippen molar-refractivity contribution < 1.29 is 4.42 Å². The van der Waals surface area contributed by atoms with Crippen LogP contribution in [0.1, 0.15) is 12.8 Å². The molecule has 30 heavy (non-hydrogen) atoms. The third kappa shape index (κ3) is 3.23. The van der Waals surface area contributed by atoms with Crippen molar-refractivity contribution in [2.45, 2.75) is 23.8 Å². The minimum Gasteiger partial charge on any atom is -0.454 e. The van der Waals surface area contributed by atoms with Gasteiger partial charge in [0.05, 0.1) is 12.1 Å². The molecule has 3 aromatic heterocycles. The Morgan fingerprint density at radius 3 is 2.67 bits per heavy atom. The highest BCUT2D eigenvalue weighted by atomic mass is 32.2. The number of thioether (sulfide) groups is 1. The van der Waals surface area contributed by atoms with Crippen molar-refractivity contribution in [2.75, 3.05) is 10.8 Å². The molecule has 0 N–H and O–H groups in total. The van der Waals surface area contributed by atoms with Crippen LogP contribution in [0.25, 0.3) is 28.1 Å². The number of imidazole rings is 1. The Morgan fingerprint density at radius 2 is 1.83 bits per heavy atom. The van der Waals surface area contributed by atoms with Crippen LogP contribution in [0.4, 0.5) is 5.82 Å². The highest BCUT2D eigenvalue weighted by Gasteiger charge is 2.30. The van der Waals surface area contributed by atoms with Gasteiger partial charge in [0.1, 0.15) is 11.3 Å². The normalized spacial score (nSPS) is 13.9. The minimum absolute atomic E-state index is 0.560. The number of nitrogens with zero attached hydrogens (tertiary/aromatic N) is 4. The average molecular weight is 413 g/mol. The number of benzene rings is 2. The van der Waals surface area contributed by atoms with E-state index in [2.05, 4.69) is 58.4 Å². The number of fused-ring (bicyclic) bond motifs is 2. The first-order chi connectivity index (χ1) is 14.8. The number of rotatable bonds is 6. The van der Waals surface area contributed by atoms with Crippen LogP contribution in [-0.4, -0.2) is 26.5 Å². The highest BCUT2D eigenvalue weighted by Crippen LogP contribution is 2.34. The summed E-state index contributed by atoms with van der Waals surface area (Å²) >= 11 is 1.85. The van der Waals surface area contributed by atoms with E-state index in [9.17, 15) is 0 Å². The smallest absolute Gasteiger partial charge is 0.155 e. The zero-order valence-electron chi connectivity index (χ0n) is 16.3. The number of furan rings is 1. The van der Waals surface area contributed by atoms with Gasteiger partial charge in [-0.05, 0) is 49.2 Å². The molecule has 1 aliphatic rings. The molecule has 6 rings (SSSR count). The number of anilines is 1. The number of hydrogen-bond donors (Lipinski definition) is 0. The molecule has 5 nitrogen and oxygen atoms in total. The van der Waals surface area contributed by atoms with Crippen molar-refractivity contribution in [3.63, 3.8) is 0 Å². The van der Waals surface area contributed by atoms with E-state index in [1.54, 1.807) is 0 Å². The maximum atomic E-state index is 6.07. The first kappa shape index (κ1) is 17.6. The van der Waals surface area contributed by atoms with Gasteiger partial charge in [-0.15, -0.1) is 16.9 Å². The molecular formula is C24H20N4OS. The van der Waals surface area contributed by atoms with E-state index in [1.807, 2.05) is 46.7 Å². The molecule has 5 aromatic rings. The Morgan fingerprint density at radius 1 is 1.00 bits per heavy atom. The van der Waals surface area contributed by atoms with Crippen molar-refractivity contribution in [3.8, 4) is 11.5 Å². The molecule has 3 heterocycles. The number of aromatic nitrogens is 3. The number of hydrogen-bond acceptors (Lipinski definition) is 5. The maximum absolute atomic E-state index is 6.07. The van der Waals surface area contributed by atoms with Gasteiger partial charge in [0.25, 0.3) is 0 Å². The second kappa shape index (κ2) is 7.22. The van der Waals surface area contributed by atoms with E-state index in [1.165, 1.54) is 17.7 Å². The first-order valence-electron chi connectivity index (χ1n) is 10.1. The summed E-state index contributed by atoms with van der Waals surface area (Å²) in [6, 6.07) is 25.3. The fourth-order valence-electron chi connectivity index (χ4n) is 3.70. The van der Waals surface area contributed by atoms with Gasteiger partial charge in [0, 0.05) is 16.3 Å². The lowest BCUT2D eigenvalue weighted by Crippen LogP contribution is -2.26. The summed E-state index contributed by atoms with van der Waals surface area (Å²) < 4.78 is 7.97. The Labute approximate surface area is 178 Å². The van der Waals surface area contributed by atoms with Gasteiger partial charge in [-0.1, -0.05) is 36.4 Å². The van der Waals surface area contributed by atoms with Crippen LogP contribution in [0.15, 0.2) is 88.3 Å². The van der Waals surface area contributed by atoms with E-state index in [0.29, 0.717) is 6.04 Å². The summed E-state index contributed by atoms with van der Waals surface area (Å²) in [5, 5.41) is 6.04. The van der Waals surface area contributed by atoms with Gasteiger partial charge >= 0.3 is 0 Å². The molecule has 0 radical (unpaired) electrons. The van der Waals surface area contributed by atoms with Gasteiger partial charge in [-0.3, -0.25) is 0 Å². The van der Waals surface area contributed by atoms with Crippen LogP contribution in [0.3, 0.4) is 0 Å². The van der Waals surface area contributed by atoms with Crippen LogP contribution < -0.4 is 4.90 Å².